The smallest absolute Gasteiger partial charge is 0.273 e. The van der Waals surface area contributed by atoms with Crippen LogP contribution in [0.4, 0.5) is 0 Å². The van der Waals surface area contributed by atoms with Gasteiger partial charge in [0.15, 0.2) is 6.67 Å². The molecule has 0 atom stereocenters. The Bertz CT molecular complexity index is 754. The summed E-state index contributed by atoms with van der Waals surface area (Å²) in [7, 11) is 0. The number of fused-ring (bicyclic) bond motifs is 1. The minimum Gasteiger partial charge on any atom is -0.331 e. The van der Waals surface area contributed by atoms with Crippen molar-refractivity contribution in [2.24, 2.45) is 5.92 Å². The van der Waals surface area contributed by atoms with Crippen LogP contribution in [-0.4, -0.2) is 40.9 Å². The van der Waals surface area contributed by atoms with Gasteiger partial charge in [0.25, 0.3) is 5.56 Å². The SMILES string of the molecule is O=C(C1CC1)N1CC[NH+](Cn2sc3ccccc3c2=O)CC1. The molecule has 0 radical (unpaired) electrons. The van der Waals surface area contributed by atoms with Crippen LogP contribution in [0, 0.1) is 5.92 Å². The minimum absolute atomic E-state index is 0.115. The summed E-state index contributed by atoms with van der Waals surface area (Å²) in [6, 6.07) is 7.78. The van der Waals surface area contributed by atoms with Gasteiger partial charge in [0, 0.05) is 5.92 Å². The molecule has 1 aliphatic carbocycles. The molecule has 4 rings (SSSR count). The Morgan fingerprint density at radius 2 is 1.95 bits per heavy atom. The lowest BCUT2D eigenvalue weighted by Gasteiger charge is -2.32. The maximum atomic E-state index is 12.4. The number of rotatable bonds is 3. The van der Waals surface area contributed by atoms with Crippen molar-refractivity contribution in [1.29, 1.82) is 0 Å². The minimum atomic E-state index is 0.115. The van der Waals surface area contributed by atoms with E-state index in [4.69, 9.17) is 0 Å². The number of nitrogens with zero attached hydrogens (tertiary/aromatic N) is 2. The molecule has 1 N–H and O–H groups in total. The summed E-state index contributed by atoms with van der Waals surface area (Å²) in [5.41, 5.74) is 0.115. The predicted octanol–water partition coefficient (Wildman–Crippen LogP) is 0.158. The standard InChI is InChI=1S/C16H19N3O2S/c20-15(12-5-6-12)18-9-7-17(8-10-18)11-19-16(21)13-3-1-2-4-14(13)22-19/h1-4,12H,5-11H2/p+1. The lowest BCUT2D eigenvalue weighted by Crippen LogP contribution is -3.14. The van der Waals surface area contributed by atoms with Crippen molar-refractivity contribution in [2.45, 2.75) is 19.5 Å². The first-order valence-electron chi connectivity index (χ1n) is 7.93. The fourth-order valence-electron chi connectivity index (χ4n) is 3.11. The van der Waals surface area contributed by atoms with Gasteiger partial charge < -0.3 is 9.80 Å². The van der Waals surface area contributed by atoms with Crippen LogP contribution in [0.2, 0.25) is 0 Å². The van der Waals surface area contributed by atoms with Crippen LogP contribution in [0.15, 0.2) is 29.1 Å². The van der Waals surface area contributed by atoms with E-state index in [2.05, 4.69) is 0 Å². The Morgan fingerprint density at radius 1 is 1.23 bits per heavy atom. The molecule has 1 saturated carbocycles. The van der Waals surface area contributed by atoms with Crippen molar-refractivity contribution in [2.75, 3.05) is 26.2 Å². The van der Waals surface area contributed by atoms with Crippen LogP contribution >= 0.6 is 11.5 Å². The Labute approximate surface area is 132 Å². The molecular formula is C16H20N3O2S+. The highest BCUT2D eigenvalue weighted by molar-refractivity contribution is 7.13. The number of nitrogens with one attached hydrogen (secondary N) is 1. The molecule has 0 spiro atoms. The monoisotopic (exact) mass is 318 g/mol. The first kappa shape index (κ1) is 14.0. The molecule has 22 heavy (non-hydrogen) atoms. The molecule has 116 valence electrons. The van der Waals surface area contributed by atoms with E-state index in [0.29, 0.717) is 18.5 Å². The maximum Gasteiger partial charge on any atom is 0.273 e. The first-order valence-corrected chi connectivity index (χ1v) is 8.71. The Kier molecular flexibility index (Phi) is 3.50. The number of hydrogen-bond donors (Lipinski definition) is 1. The number of carbonyl (C=O) groups is 1. The Balaban J connectivity index is 1.42. The van der Waals surface area contributed by atoms with Gasteiger partial charge in [-0.1, -0.05) is 23.7 Å². The lowest BCUT2D eigenvalue weighted by molar-refractivity contribution is -0.925. The van der Waals surface area contributed by atoms with E-state index in [1.807, 2.05) is 33.1 Å². The van der Waals surface area contributed by atoms with Crippen molar-refractivity contribution < 1.29 is 9.69 Å². The molecule has 0 unspecified atom stereocenters. The summed E-state index contributed by atoms with van der Waals surface area (Å²) < 4.78 is 2.91. The van der Waals surface area contributed by atoms with E-state index in [0.717, 1.165) is 49.1 Å². The molecule has 2 fully saturated rings. The number of piperazine rings is 1. The van der Waals surface area contributed by atoms with Gasteiger partial charge in [-0.15, -0.1) is 0 Å². The van der Waals surface area contributed by atoms with Crippen molar-refractivity contribution >= 4 is 27.5 Å². The first-order chi connectivity index (χ1) is 10.7. The van der Waals surface area contributed by atoms with Gasteiger partial charge in [-0.05, 0) is 25.0 Å². The van der Waals surface area contributed by atoms with Gasteiger partial charge in [0.1, 0.15) is 0 Å². The zero-order chi connectivity index (χ0) is 15.1. The molecule has 1 saturated heterocycles. The zero-order valence-corrected chi connectivity index (χ0v) is 13.3. The average molecular weight is 318 g/mol. The number of benzene rings is 1. The van der Waals surface area contributed by atoms with Gasteiger partial charge in [0.2, 0.25) is 5.91 Å². The predicted molar refractivity (Wildman–Crippen MR) is 86.1 cm³/mol. The third-order valence-corrected chi connectivity index (χ3v) is 5.70. The number of carbonyl (C=O) groups excluding carboxylic acids is 1. The summed E-state index contributed by atoms with van der Waals surface area (Å²) in [6.07, 6.45) is 2.15. The van der Waals surface area contributed by atoms with E-state index in [1.54, 1.807) is 11.5 Å². The van der Waals surface area contributed by atoms with E-state index in [1.165, 1.54) is 4.90 Å². The third-order valence-electron chi connectivity index (χ3n) is 4.63. The maximum absolute atomic E-state index is 12.4. The molecule has 2 aromatic rings. The number of aromatic nitrogens is 1. The molecule has 2 heterocycles. The lowest BCUT2D eigenvalue weighted by atomic mass is 10.2. The van der Waals surface area contributed by atoms with E-state index >= 15 is 0 Å². The second kappa shape index (κ2) is 5.52. The highest BCUT2D eigenvalue weighted by atomic mass is 32.1. The fourth-order valence-corrected chi connectivity index (χ4v) is 4.17. The van der Waals surface area contributed by atoms with Crippen LogP contribution < -0.4 is 10.5 Å². The average Bonchev–Trinajstić information content (AvgIpc) is 3.35. The normalized spacial score (nSPS) is 19.7. The van der Waals surface area contributed by atoms with Gasteiger partial charge in [0.05, 0.1) is 36.3 Å². The molecule has 2 aliphatic rings. The van der Waals surface area contributed by atoms with E-state index in [-0.39, 0.29) is 5.56 Å². The molecule has 6 heteroatoms. The zero-order valence-electron chi connectivity index (χ0n) is 12.5. The molecule has 1 aromatic heterocycles. The quantitative estimate of drug-likeness (QED) is 0.876. The van der Waals surface area contributed by atoms with Gasteiger partial charge >= 0.3 is 0 Å². The van der Waals surface area contributed by atoms with Crippen molar-refractivity contribution in [3.05, 3.63) is 34.6 Å². The summed E-state index contributed by atoms with van der Waals surface area (Å²) in [5.74, 6) is 0.657. The van der Waals surface area contributed by atoms with Crippen molar-refractivity contribution in [3.63, 3.8) is 0 Å². The third kappa shape index (κ3) is 2.57. The summed E-state index contributed by atoms with van der Waals surface area (Å²) >= 11 is 1.54. The van der Waals surface area contributed by atoms with E-state index < -0.39 is 0 Å². The fraction of sp³-hybridized carbons (Fsp3) is 0.500. The largest absolute Gasteiger partial charge is 0.331 e. The number of amides is 1. The summed E-state index contributed by atoms with van der Waals surface area (Å²) in [4.78, 5) is 27.8. The molecule has 0 bridgehead atoms. The van der Waals surface area contributed by atoms with Crippen LogP contribution in [0.3, 0.4) is 0 Å². The summed E-state index contributed by atoms with van der Waals surface area (Å²) in [6.45, 7) is 4.22. The highest BCUT2D eigenvalue weighted by Gasteiger charge is 2.35. The second-order valence-electron chi connectivity index (χ2n) is 6.28. The second-order valence-corrected chi connectivity index (χ2v) is 7.34. The van der Waals surface area contributed by atoms with E-state index in [9.17, 15) is 9.59 Å². The number of quaternary nitrogens is 1. The molecular weight excluding hydrogens is 298 g/mol. The van der Waals surface area contributed by atoms with Gasteiger partial charge in [-0.25, -0.2) is 3.96 Å². The Hall–Kier alpha value is -1.66. The van der Waals surface area contributed by atoms with Crippen LogP contribution in [0.5, 0.6) is 0 Å². The molecule has 1 amide bonds. The number of hydrogen-bond acceptors (Lipinski definition) is 3. The van der Waals surface area contributed by atoms with Gasteiger partial charge in [-0.3, -0.25) is 9.59 Å². The van der Waals surface area contributed by atoms with Crippen molar-refractivity contribution in [3.8, 4) is 0 Å². The van der Waals surface area contributed by atoms with Crippen LogP contribution in [0.1, 0.15) is 12.8 Å². The highest BCUT2D eigenvalue weighted by Crippen LogP contribution is 2.30. The molecule has 5 nitrogen and oxygen atoms in total. The van der Waals surface area contributed by atoms with Gasteiger partial charge in [-0.2, -0.15) is 0 Å². The van der Waals surface area contributed by atoms with Crippen LogP contribution in [-0.2, 0) is 11.5 Å². The van der Waals surface area contributed by atoms with Crippen LogP contribution in [0.25, 0.3) is 10.1 Å². The molecule has 1 aliphatic heterocycles. The summed E-state index contributed by atoms with van der Waals surface area (Å²) in [5, 5.41) is 0.814. The molecule has 1 aromatic carbocycles. The Morgan fingerprint density at radius 3 is 2.64 bits per heavy atom. The van der Waals surface area contributed by atoms with Crippen molar-refractivity contribution in [1.82, 2.24) is 8.86 Å². The topological polar surface area (TPSA) is 46.8 Å².